The maximum atomic E-state index is 12.9. The number of carbonyl (C=O) groups is 4. The van der Waals surface area contributed by atoms with Crippen molar-refractivity contribution in [3.05, 3.63) is 0 Å². The predicted octanol–water partition coefficient (Wildman–Crippen LogP) is -0.439. The van der Waals surface area contributed by atoms with Crippen molar-refractivity contribution >= 4 is 30.0 Å². The summed E-state index contributed by atoms with van der Waals surface area (Å²) in [6, 6.07) is -3.89. The Balaban J connectivity index is 2.92. The molecule has 1 rings (SSSR count). The van der Waals surface area contributed by atoms with Gasteiger partial charge in [0, 0.05) is 6.54 Å². The van der Waals surface area contributed by atoms with E-state index in [0.29, 0.717) is 25.8 Å². The van der Waals surface area contributed by atoms with Crippen molar-refractivity contribution in [2.24, 2.45) is 17.6 Å². The Kier molecular flexibility index (Phi) is 9.91. The molecule has 1 saturated heterocycles. The first-order valence-corrected chi connectivity index (χ1v) is 10.2. The molecule has 1 heterocycles. The molecular formula is C20H33N4O6. The Morgan fingerprint density at radius 3 is 2.27 bits per heavy atom. The first-order valence-electron chi connectivity index (χ1n) is 10.2. The highest BCUT2D eigenvalue weighted by molar-refractivity contribution is 5.95. The van der Waals surface area contributed by atoms with Crippen molar-refractivity contribution in [1.82, 2.24) is 15.5 Å². The van der Waals surface area contributed by atoms with Gasteiger partial charge in [-0.2, -0.15) is 0 Å². The highest BCUT2D eigenvalue weighted by Crippen LogP contribution is 2.19. The first kappa shape index (κ1) is 25.5. The minimum atomic E-state index is -1.38. The van der Waals surface area contributed by atoms with Crippen molar-refractivity contribution < 1.29 is 29.1 Å². The lowest BCUT2D eigenvalue weighted by atomic mass is 10.0. The van der Waals surface area contributed by atoms with Gasteiger partial charge in [0.05, 0.1) is 18.5 Å². The number of carboxylic acids is 1. The number of likely N-dealkylation sites (tertiary alicyclic amines) is 1. The van der Waals surface area contributed by atoms with Gasteiger partial charge in [-0.1, -0.05) is 27.7 Å². The van der Waals surface area contributed by atoms with E-state index in [2.05, 4.69) is 10.6 Å². The number of carbonyl (C=O) groups excluding carboxylic acids is 4. The topological polar surface area (TPSA) is 159 Å². The number of hydrogen-bond acceptors (Lipinski definition) is 6. The van der Waals surface area contributed by atoms with Gasteiger partial charge in [0.25, 0.3) is 0 Å². The number of nitrogens with one attached hydrogen (secondary N) is 2. The number of hydrogen-bond donors (Lipinski definition) is 4. The zero-order chi connectivity index (χ0) is 23.0. The summed E-state index contributed by atoms with van der Waals surface area (Å²) in [5.41, 5.74) is 5.82. The molecule has 0 unspecified atom stereocenters. The molecule has 169 valence electrons. The average molecular weight is 426 g/mol. The fourth-order valence-corrected chi connectivity index (χ4v) is 3.38. The highest BCUT2D eigenvalue weighted by Gasteiger charge is 2.37. The van der Waals surface area contributed by atoms with E-state index in [-0.39, 0.29) is 11.8 Å². The van der Waals surface area contributed by atoms with Gasteiger partial charge in [-0.05, 0) is 31.1 Å². The Labute approximate surface area is 176 Å². The second-order valence-corrected chi connectivity index (χ2v) is 8.43. The van der Waals surface area contributed by atoms with Gasteiger partial charge in [0.2, 0.25) is 24.0 Å². The monoisotopic (exact) mass is 425 g/mol. The van der Waals surface area contributed by atoms with Crippen LogP contribution in [0, 0.1) is 11.8 Å². The lowest BCUT2D eigenvalue weighted by molar-refractivity contribution is -0.142. The van der Waals surface area contributed by atoms with Gasteiger partial charge in [0.1, 0.15) is 12.1 Å². The Morgan fingerprint density at radius 2 is 1.77 bits per heavy atom. The van der Waals surface area contributed by atoms with Crippen LogP contribution in [0.4, 0.5) is 0 Å². The molecule has 1 aliphatic heterocycles. The van der Waals surface area contributed by atoms with Gasteiger partial charge in [0.15, 0.2) is 0 Å². The molecule has 0 aliphatic carbocycles. The summed E-state index contributed by atoms with van der Waals surface area (Å²) in [6.07, 6.45) is 2.74. The summed E-state index contributed by atoms with van der Waals surface area (Å²) in [5.74, 6) is -3.31. The average Bonchev–Trinajstić information content (AvgIpc) is 3.12. The van der Waals surface area contributed by atoms with Crippen LogP contribution >= 0.6 is 0 Å². The normalized spacial score (nSPS) is 19.3. The van der Waals surface area contributed by atoms with E-state index in [0.717, 1.165) is 0 Å². The number of nitrogens with two attached hydrogens (primary N) is 1. The third kappa shape index (κ3) is 7.40. The fraction of sp³-hybridized carbons (Fsp3) is 0.750. The summed E-state index contributed by atoms with van der Waals surface area (Å²) in [7, 11) is 0. The van der Waals surface area contributed by atoms with E-state index in [4.69, 9.17) is 10.8 Å². The Bertz CT molecular complexity index is 651. The van der Waals surface area contributed by atoms with Crippen LogP contribution in [0.2, 0.25) is 0 Å². The molecule has 0 spiro atoms. The summed E-state index contributed by atoms with van der Waals surface area (Å²) >= 11 is 0. The highest BCUT2D eigenvalue weighted by atomic mass is 16.4. The standard InChI is InChI=1S/C20H33N4O6/c1-11(2)8-14(21)18(28)22-15(9-16(26)27)19(29)23-17(12(3)4)20(30)24-7-5-6-13(24)10-25/h11-15,17H,5-9,21H2,1-4H3,(H,22,28)(H,23,29)(H,26,27)/t13-,14-,15-,17-/m0/s1. The number of rotatable bonds is 11. The van der Waals surface area contributed by atoms with Crippen LogP contribution in [0.25, 0.3) is 0 Å². The van der Waals surface area contributed by atoms with Gasteiger partial charge >= 0.3 is 5.97 Å². The molecule has 10 nitrogen and oxygen atoms in total. The van der Waals surface area contributed by atoms with Crippen LogP contribution in [-0.2, 0) is 24.0 Å². The van der Waals surface area contributed by atoms with Crippen LogP contribution in [0.5, 0.6) is 0 Å². The largest absolute Gasteiger partial charge is 0.481 e. The smallest absolute Gasteiger partial charge is 0.305 e. The molecule has 0 bridgehead atoms. The predicted molar refractivity (Wildman–Crippen MR) is 109 cm³/mol. The second kappa shape index (κ2) is 11.6. The van der Waals surface area contributed by atoms with E-state index in [9.17, 15) is 24.0 Å². The van der Waals surface area contributed by atoms with E-state index < -0.39 is 54.3 Å². The van der Waals surface area contributed by atoms with Gasteiger partial charge in [-0.15, -0.1) is 0 Å². The molecule has 0 aromatic carbocycles. The molecule has 4 atom stereocenters. The van der Waals surface area contributed by atoms with Crippen LogP contribution in [-0.4, -0.2) is 70.7 Å². The molecule has 10 heteroatoms. The fourth-order valence-electron chi connectivity index (χ4n) is 3.38. The zero-order valence-corrected chi connectivity index (χ0v) is 18.0. The van der Waals surface area contributed by atoms with Crippen LogP contribution in [0.1, 0.15) is 53.4 Å². The number of carboxylic acid groups (broad SMARTS) is 1. The maximum absolute atomic E-state index is 12.9. The number of nitrogens with zero attached hydrogens (tertiary/aromatic N) is 1. The Hall–Kier alpha value is -2.49. The third-order valence-electron chi connectivity index (χ3n) is 4.98. The van der Waals surface area contributed by atoms with Crippen molar-refractivity contribution in [3.63, 3.8) is 0 Å². The molecule has 1 radical (unpaired) electrons. The van der Waals surface area contributed by atoms with Crippen LogP contribution < -0.4 is 16.4 Å². The van der Waals surface area contributed by atoms with E-state index in [1.54, 1.807) is 13.8 Å². The Morgan fingerprint density at radius 1 is 1.13 bits per heavy atom. The SMILES string of the molecule is CC(C)C[C@H](N)C(=O)N[C@@H](CC(=O)O)C(=O)N[C@H](C(=O)N1CCC[C@H]1[C]=O)C(C)C. The van der Waals surface area contributed by atoms with E-state index in [1.807, 2.05) is 20.1 Å². The van der Waals surface area contributed by atoms with Gasteiger partial charge in [-0.3, -0.25) is 24.0 Å². The lowest BCUT2D eigenvalue weighted by Gasteiger charge is -2.30. The molecule has 3 amide bonds. The van der Waals surface area contributed by atoms with Gasteiger partial charge in [-0.25, -0.2) is 0 Å². The minimum absolute atomic E-state index is 0.142. The summed E-state index contributed by atoms with van der Waals surface area (Å²) in [6.45, 7) is 7.60. The van der Waals surface area contributed by atoms with Crippen molar-refractivity contribution in [3.8, 4) is 0 Å². The molecule has 0 aromatic heterocycles. The zero-order valence-electron chi connectivity index (χ0n) is 18.0. The third-order valence-corrected chi connectivity index (χ3v) is 4.98. The van der Waals surface area contributed by atoms with Crippen molar-refractivity contribution in [2.75, 3.05) is 6.54 Å². The van der Waals surface area contributed by atoms with Crippen LogP contribution in [0.3, 0.4) is 0 Å². The van der Waals surface area contributed by atoms with Crippen LogP contribution in [0.15, 0.2) is 0 Å². The van der Waals surface area contributed by atoms with Crippen molar-refractivity contribution in [1.29, 1.82) is 0 Å². The molecule has 1 aliphatic rings. The van der Waals surface area contributed by atoms with E-state index >= 15 is 0 Å². The second-order valence-electron chi connectivity index (χ2n) is 8.43. The summed E-state index contributed by atoms with van der Waals surface area (Å²) < 4.78 is 0. The number of aliphatic carboxylic acids is 1. The summed E-state index contributed by atoms with van der Waals surface area (Å²) in [4.78, 5) is 61.6. The molecule has 0 aromatic rings. The first-order chi connectivity index (χ1) is 14.0. The van der Waals surface area contributed by atoms with Crippen molar-refractivity contribution in [2.45, 2.75) is 77.5 Å². The molecule has 0 saturated carbocycles. The summed E-state index contributed by atoms with van der Waals surface area (Å²) in [5, 5.41) is 14.1. The van der Waals surface area contributed by atoms with E-state index in [1.165, 1.54) is 4.90 Å². The quantitative estimate of drug-likeness (QED) is 0.349. The lowest BCUT2D eigenvalue weighted by Crippen LogP contribution is -2.58. The molecular weight excluding hydrogens is 392 g/mol. The molecule has 30 heavy (non-hydrogen) atoms. The van der Waals surface area contributed by atoms with Gasteiger partial charge < -0.3 is 26.4 Å². The maximum Gasteiger partial charge on any atom is 0.305 e. The minimum Gasteiger partial charge on any atom is -0.481 e. The molecule has 1 fully saturated rings. The number of amides is 3. The molecule has 5 N–H and O–H groups in total.